The van der Waals surface area contributed by atoms with Gasteiger partial charge in [-0.2, -0.15) is 0 Å². The average molecular weight is 297 g/mol. The summed E-state index contributed by atoms with van der Waals surface area (Å²) in [5.41, 5.74) is 3.00. The van der Waals surface area contributed by atoms with Crippen LogP contribution in [0.5, 0.6) is 0 Å². The number of rotatable bonds is 8. The quantitative estimate of drug-likeness (QED) is 0.523. The van der Waals surface area contributed by atoms with E-state index in [1.807, 2.05) is 0 Å². The normalized spacial score (nSPS) is 10.8. The molecule has 0 aliphatic carbocycles. The van der Waals surface area contributed by atoms with Crippen LogP contribution in [0.15, 0.2) is 22.7 Å². The van der Waals surface area contributed by atoms with Crippen LogP contribution in [-0.2, 0) is 12.8 Å². The molecule has 17 heavy (non-hydrogen) atoms. The van der Waals surface area contributed by atoms with Gasteiger partial charge in [0, 0.05) is 4.47 Å². The number of hydrogen-bond acceptors (Lipinski definition) is 0. The van der Waals surface area contributed by atoms with E-state index in [1.165, 1.54) is 67.0 Å². The Bertz CT molecular complexity index is 289. The van der Waals surface area contributed by atoms with Gasteiger partial charge < -0.3 is 0 Å². The number of halogens is 1. The van der Waals surface area contributed by atoms with Gasteiger partial charge in [-0.3, -0.25) is 0 Å². The van der Waals surface area contributed by atoms with Crippen LogP contribution in [0.2, 0.25) is 0 Å². The average Bonchev–Trinajstić information content (AvgIpc) is 2.29. The molecule has 1 aromatic carbocycles. The summed E-state index contributed by atoms with van der Waals surface area (Å²) < 4.78 is 1.25. The molecule has 1 rings (SSSR count). The molecule has 0 amide bonds. The first kappa shape index (κ1) is 14.8. The molecular formula is C16H25Br. The molecule has 0 aliphatic rings. The molecule has 96 valence electrons. The molecule has 0 aromatic heterocycles. The van der Waals surface area contributed by atoms with E-state index in [0.717, 1.165) is 0 Å². The molecule has 0 radical (unpaired) electrons. The summed E-state index contributed by atoms with van der Waals surface area (Å²) in [4.78, 5) is 0. The van der Waals surface area contributed by atoms with Crippen molar-refractivity contribution >= 4 is 15.9 Å². The highest BCUT2D eigenvalue weighted by Crippen LogP contribution is 2.19. The molecule has 0 saturated heterocycles. The summed E-state index contributed by atoms with van der Waals surface area (Å²) in [7, 11) is 0. The fraction of sp³-hybridized carbons (Fsp3) is 0.625. The van der Waals surface area contributed by atoms with Gasteiger partial charge in [-0.1, -0.05) is 61.5 Å². The molecule has 0 nitrogen and oxygen atoms in total. The molecule has 0 heterocycles. The van der Waals surface area contributed by atoms with E-state index in [9.17, 15) is 0 Å². The maximum absolute atomic E-state index is 3.63. The highest BCUT2D eigenvalue weighted by molar-refractivity contribution is 9.10. The Morgan fingerprint density at radius 3 is 1.65 bits per heavy atom. The standard InChI is InChI=1S/C16H25Br/c1-3-5-7-9-14-11-15(10-8-6-4-2)13-16(17)12-14/h11-13H,3-10H2,1-2H3. The zero-order valence-electron chi connectivity index (χ0n) is 11.3. The molecule has 0 fully saturated rings. The maximum Gasteiger partial charge on any atom is 0.0180 e. The first-order valence-corrected chi connectivity index (χ1v) is 7.84. The minimum atomic E-state index is 1.23. The van der Waals surface area contributed by atoms with E-state index in [1.54, 1.807) is 0 Å². The van der Waals surface area contributed by atoms with Gasteiger partial charge in [-0.15, -0.1) is 0 Å². The fourth-order valence-corrected chi connectivity index (χ4v) is 2.75. The lowest BCUT2D eigenvalue weighted by atomic mass is 10.0. The zero-order chi connectivity index (χ0) is 12.5. The van der Waals surface area contributed by atoms with Crippen molar-refractivity contribution in [3.05, 3.63) is 33.8 Å². The first-order chi connectivity index (χ1) is 8.26. The van der Waals surface area contributed by atoms with Gasteiger partial charge in [0.1, 0.15) is 0 Å². The lowest BCUT2D eigenvalue weighted by Gasteiger charge is -2.07. The Balaban J connectivity index is 2.53. The van der Waals surface area contributed by atoms with E-state index in [-0.39, 0.29) is 0 Å². The monoisotopic (exact) mass is 296 g/mol. The number of unbranched alkanes of at least 4 members (excludes halogenated alkanes) is 4. The fourth-order valence-electron chi connectivity index (χ4n) is 2.16. The van der Waals surface area contributed by atoms with E-state index < -0.39 is 0 Å². The Labute approximate surface area is 115 Å². The largest absolute Gasteiger partial charge is 0.0654 e. The smallest absolute Gasteiger partial charge is 0.0180 e. The second-order valence-electron chi connectivity index (χ2n) is 4.88. The van der Waals surface area contributed by atoms with Gasteiger partial charge in [0.05, 0.1) is 0 Å². The van der Waals surface area contributed by atoms with Crippen LogP contribution in [0.1, 0.15) is 63.5 Å². The van der Waals surface area contributed by atoms with Crippen LogP contribution >= 0.6 is 15.9 Å². The molecule has 0 spiro atoms. The Kier molecular flexibility index (Phi) is 7.59. The summed E-state index contributed by atoms with van der Waals surface area (Å²) in [5.74, 6) is 0. The van der Waals surface area contributed by atoms with Crippen molar-refractivity contribution in [2.45, 2.75) is 65.2 Å². The zero-order valence-corrected chi connectivity index (χ0v) is 12.9. The SMILES string of the molecule is CCCCCc1cc(Br)cc(CCCCC)c1. The molecule has 0 saturated carbocycles. The lowest BCUT2D eigenvalue weighted by molar-refractivity contribution is 0.708. The van der Waals surface area contributed by atoms with Gasteiger partial charge in [0.15, 0.2) is 0 Å². The predicted octanol–water partition coefficient (Wildman–Crippen LogP) is 5.91. The van der Waals surface area contributed by atoms with Crippen LogP contribution in [0, 0.1) is 0 Å². The third kappa shape index (κ3) is 6.26. The summed E-state index contributed by atoms with van der Waals surface area (Å²) in [5, 5.41) is 0. The second kappa shape index (κ2) is 8.74. The third-order valence-electron chi connectivity index (χ3n) is 3.16. The predicted molar refractivity (Wildman–Crippen MR) is 80.6 cm³/mol. The van der Waals surface area contributed by atoms with Gasteiger partial charge in [-0.05, 0) is 48.9 Å². The summed E-state index contributed by atoms with van der Waals surface area (Å²) in [6, 6.07) is 6.95. The van der Waals surface area contributed by atoms with Crippen LogP contribution in [0.25, 0.3) is 0 Å². The summed E-state index contributed by atoms with van der Waals surface area (Å²) in [6.45, 7) is 4.52. The minimum absolute atomic E-state index is 1.23. The summed E-state index contributed by atoms with van der Waals surface area (Å²) in [6.07, 6.45) is 10.4. The Morgan fingerprint density at radius 1 is 0.765 bits per heavy atom. The molecule has 0 N–H and O–H groups in total. The van der Waals surface area contributed by atoms with Crippen molar-refractivity contribution in [3.63, 3.8) is 0 Å². The second-order valence-corrected chi connectivity index (χ2v) is 5.80. The molecule has 0 aliphatic heterocycles. The molecule has 0 atom stereocenters. The van der Waals surface area contributed by atoms with Crippen molar-refractivity contribution in [2.75, 3.05) is 0 Å². The maximum atomic E-state index is 3.63. The van der Waals surface area contributed by atoms with Gasteiger partial charge in [0.25, 0.3) is 0 Å². The van der Waals surface area contributed by atoms with E-state index in [4.69, 9.17) is 0 Å². The first-order valence-electron chi connectivity index (χ1n) is 7.04. The van der Waals surface area contributed by atoms with Gasteiger partial charge in [0.2, 0.25) is 0 Å². The molecule has 0 unspecified atom stereocenters. The molecule has 1 heteroatoms. The van der Waals surface area contributed by atoms with Crippen molar-refractivity contribution in [1.29, 1.82) is 0 Å². The topological polar surface area (TPSA) is 0 Å². The lowest BCUT2D eigenvalue weighted by Crippen LogP contribution is -1.91. The highest BCUT2D eigenvalue weighted by Gasteiger charge is 2.00. The Hall–Kier alpha value is -0.300. The highest BCUT2D eigenvalue weighted by atomic mass is 79.9. The number of aryl methyl sites for hydroxylation is 2. The van der Waals surface area contributed by atoms with Crippen LogP contribution in [0.3, 0.4) is 0 Å². The van der Waals surface area contributed by atoms with E-state index in [2.05, 4.69) is 48.0 Å². The Morgan fingerprint density at radius 2 is 1.24 bits per heavy atom. The van der Waals surface area contributed by atoms with Crippen LogP contribution in [0.4, 0.5) is 0 Å². The molecule has 1 aromatic rings. The minimum Gasteiger partial charge on any atom is -0.0654 e. The van der Waals surface area contributed by atoms with Crippen LogP contribution < -0.4 is 0 Å². The van der Waals surface area contributed by atoms with E-state index >= 15 is 0 Å². The van der Waals surface area contributed by atoms with Crippen LogP contribution in [-0.4, -0.2) is 0 Å². The van der Waals surface area contributed by atoms with Crippen molar-refractivity contribution in [3.8, 4) is 0 Å². The van der Waals surface area contributed by atoms with Crippen molar-refractivity contribution in [1.82, 2.24) is 0 Å². The van der Waals surface area contributed by atoms with E-state index in [0.29, 0.717) is 0 Å². The van der Waals surface area contributed by atoms with Crippen molar-refractivity contribution in [2.24, 2.45) is 0 Å². The number of benzene rings is 1. The molecule has 0 bridgehead atoms. The van der Waals surface area contributed by atoms with Crippen molar-refractivity contribution < 1.29 is 0 Å². The van der Waals surface area contributed by atoms with Gasteiger partial charge in [-0.25, -0.2) is 0 Å². The third-order valence-corrected chi connectivity index (χ3v) is 3.61. The molecular weight excluding hydrogens is 272 g/mol. The van der Waals surface area contributed by atoms with Gasteiger partial charge >= 0.3 is 0 Å². The number of hydrogen-bond donors (Lipinski definition) is 0. The summed E-state index contributed by atoms with van der Waals surface area (Å²) >= 11 is 3.63.